The SMILES string of the molecule is CCNC(COCC)c1ccc(C)cc1C. The molecule has 0 spiro atoms. The van der Waals surface area contributed by atoms with Gasteiger partial charge in [0.15, 0.2) is 0 Å². The Hall–Kier alpha value is -0.860. The number of nitrogens with one attached hydrogen (secondary N) is 1. The third-order valence-electron chi connectivity index (χ3n) is 2.74. The monoisotopic (exact) mass is 221 g/mol. The number of hydrogen-bond donors (Lipinski definition) is 1. The molecule has 0 saturated heterocycles. The van der Waals surface area contributed by atoms with Gasteiger partial charge in [-0.25, -0.2) is 0 Å². The van der Waals surface area contributed by atoms with Crippen LogP contribution in [0.25, 0.3) is 0 Å². The van der Waals surface area contributed by atoms with Crippen molar-refractivity contribution in [2.24, 2.45) is 0 Å². The second-order valence-electron chi connectivity index (χ2n) is 4.13. The summed E-state index contributed by atoms with van der Waals surface area (Å²) in [7, 11) is 0. The average molecular weight is 221 g/mol. The molecule has 1 rings (SSSR count). The molecule has 2 heteroatoms. The van der Waals surface area contributed by atoms with E-state index in [-0.39, 0.29) is 0 Å². The molecule has 0 aromatic heterocycles. The lowest BCUT2D eigenvalue weighted by atomic mass is 9.99. The largest absolute Gasteiger partial charge is 0.380 e. The molecule has 90 valence electrons. The summed E-state index contributed by atoms with van der Waals surface area (Å²) in [5.74, 6) is 0. The molecular weight excluding hydrogens is 198 g/mol. The maximum atomic E-state index is 5.53. The van der Waals surface area contributed by atoms with E-state index in [1.54, 1.807) is 0 Å². The number of aryl methyl sites for hydroxylation is 2. The van der Waals surface area contributed by atoms with Crippen LogP contribution < -0.4 is 5.32 Å². The van der Waals surface area contributed by atoms with Crippen molar-refractivity contribution in [2.75, 3.05) is 19.8 Å². The van der Waals surface area contributed by atoms with Gasteiger partial charge in [-0.05, 0) is 38.4 Å². The first-order valence-corrected chi connectivity index (χ1v) is 6.07. The first-order valence-electron chi connectivity index (χ1n) is 6.07. The molecule has 1 aromatic carbocycles. The Labute approximate surface area is 99.0 Å². The van der Waals surface area contributed by atoms with Crippen molar-refractivity contribution < 1.29 is 4.74 Å². The molecule has 0 aliphatic rings. The van der Waals surface area contributed by atoms with Crippen LogP contribution in [-0.4, -0.2) is 19.8 Å². The van der Waals surface area contributed by atoms with Crippen LogP contribution >= 0.6 is 0 Å². The summed E-state index contributed by atoms with van der Waals surface area (Å²) in [6.45, 7) is 10.9. The summed E-state index contributed by atoms with van der Waals surface area (Å²) in [4.78, 5) is 0. The molecule has 0 radical (unpaired) electrons. The fourth-order valence-corrected chi connectivity index (χ4v) is 1.96. The number of benzene rings is 1. The highest BCUT2D eigenvalue weighted by molar-refractivity contribution is 5.32. The van der Waals surface area contributed by atoms with Crippen LogP contribution in [0.1, 0.15) is 36.6 Å². The second-order valence-corrected chi connectivity index (χ2v) is 4.13. The molecule has 0 bridgehead atoms. The standard InChI is InChI=1S/C14H23NO/c1-5-15-14(10-16-6-2)13-8-7-11(3)9-12(13)4/h7-9,14-15H,5-6,10H2,1-4H3. The lowest BCUT2D eigenvalue weighted by molar-refractivity contribution is 0.123. The number of hydrogen-bond acceptors (Lipinski definition) is 2. The molecule has 0 saturated carbocycles. The maximum absolute atomic E-state index is 5.53. The molecule has 0 aliphatic carbocycles. The minimum atomic E-state index is 0.311. The van der Waals surface area contributed by atoms with Crippen molar-refractivity contribution in [3.05, 3.63) is 34.9 Å². The summed E-state index contributed by atoms with van der Waals surface area (Å²) >= 11 is 0. The summed E-state index contributed by atoms with van der Waals surface area (Å²) < 4.78 is 5.53. The molecule has 1 aromatic rings. The lowest BCUT2D eigenvalue weighted by Crippen LogP contribution is -2.26. The fraction of sp³-hybridized carbons (Fsp3) is 0.571. The van der Waals surface area contributed by atoms with Crippen molar-refractivity contribution in [2.45, 2.75) is 33.7 Å². The molecule has 1 atom stereocenters. The van der Waals surface area contributed by atoms with Crippen molar-refractivity contribution in [1.82, 2.24) is 5.32 Å². The Morgan fingerprint density at radius 1 is 1.25 bits per heavy atom. The van der Waals surface area contributed by atoms with Crippen molar-refractivity contribution in [1.29, 1.82) is 0 Å². The smallest absolute Gasteiger partial charge is 0.0661 e. The Kier molecular flexibility index (Phi) is 5.50. The maximum Gasteiger partial charge on any atom is 0.0661 e. The van der Waals surface area contributed by atoms with E-state index in [9.17, 15) is 0 Å². The zero-order chi connectivity index (χ0) is 12.0. The number of rotatable bonds is 6. The summed E-state index contributed by atoms with van der Waals surface area (Å²) in [5.41, 5.74) is 4.00. The van der Waals surface area contributed by atoms with E-state index in [2.05, 4.69) is 44.3 Å². The molecule has 1 N–H and O–H groups in total. The van der Waals surface area contributed by atoms with Crippen molar-refractivity contribution in [3.63, 3.8) is 0 Å². The number of likely N-dealkylation sites (N-methyl/N-ethyl adjacent to an activating group) is 1. The minimum absolute atomic E-state index is 0.311. The Morgan fingerprint density at radius 3 is 2.56 bits per heavy atom. The predicted molar refractivity (Wildman–Crippen MR) is 68.8 cm³/mol. The third kappa shape index (κ3) is 3.62. The van der Waals surface area contributed by atoms with Gasteiger partial charge in [0.2, 0.25) is 0 Å². The highest BCUT2D eigenvalue weighted by Crippen LogP contribution is 2.19. The van der Waals surface area contributed by atoms with Gasteiger partial charge in [-0.2, -0.15) is 0 Å². The zero-order valence-electron chi connectivity index (χ0n) is 10.8. The lowest BCUT2D eigenvalue weighted by Gasteiger charge is -2.20. The van der Waals surface area contributed by atoms with Gasteiger partial charge in [0.1, 0.15) is 0 Å². The normalized spacial score (nSPS) is 12.8. The Bertz CT molecular complexity index is 323. The molecule has 0 fully saturated rings. The quantitative estimate of drug-likeness (QED) is 0.797. The predicted octanol–water partition coefficient (Wildman–Crippen LogP) is 2.99. The Morgan fingerprint density at radius 2 is 2.00 bits per heavy atom. The van der Waals surface area contributed by atoms with E-state index in [0.717, 1.165) is 19.8 Å². The van der Waals surface area contributed by atoms with Crippen LogP contribution in [0.4, 0.5) is 0 Å². The van der Waals surface area contributed by atoms with Crippen LogP contribution in [0, 0.1) is 13.8 Å². The Balaban J connectivity index is 2.82. The van der Waals surface area contributed by atoms with Crippen LogP contribution in [0.15, 0.2) is 18.2 Å². The van der Waals surface area contributed by atoms with E-state index in [1.165, 1.54) is 16.7 Å². The summed E-state index contributed by atoms with van der Waals surface area (Å²) in [5, 5.41) is 3.47. The molecule has 0 heterocycles. The zero-order valence-corrected chi connectivity index (χ0v) is 10.8. The fourth-order valence-electron chi connectivity index (χ4n) is 1.96. The van der Waals surface area contributed by atoms with Gasteiger partial charge < -0.3 is 10.1 Å². The topological polar surface area (TPSA) is 21.3 Å². The number of ether oxygens (including phenoxy) is 1. The second kappa shape index (κ2) is 6.66. The van der Waals surface area contributed by atoms with Crippen LogP contribution in [-0.2, 0) is 4.74 Å². The van der Waals surface area contributed by atoms with Gasteiger partial charge >= 0.3 is 0 Å². The summed E-state index contributed by atoms with van der Waals surface area (Å²) in [6.07, 6.45) is 0. The van der Waals surface area contributed by atoms with Crippen molar-refractivity contribution >= 4 is 0 Å². The van der Waals surface area contributed by atoms with E-state index < -0.39 is 0 Å². The molecule has 16 heavy (non-hydrogen) atoms. The first-order chi connectivity index (χ1) is 7.69. The van der Waals surface area contributed by atoms with Crippen LogP contribution in [0.5, 0.6) is 0 Å². The van der Waals surface area contributed by atoms with Gasteiger partial charge in [-0.1, -0.05) is 30.7 Å². The van der Waals surface area contributed by atoms with Crippen LogP contribution in [0.3, 0.4) is 0 Å². The summed E-state index contributed by atoms with van der Waals surface area (Å²) in [6, 6.07) is 6.91. The van der Waals surface area contributed by atoms with E-state index in [0.29, 0.717) is 6.04 Å². The highest BCUT2D eigenvalue weighted by atomic mass is 16.5. The van der Waals surface area contributed by atoms with E-state index in [1.807, 2.05) is 6.92 Å². The third-order valence-corrected chi connectivity index (χ3v) is 2.74. The van der Waals surface area contributed by atoms with Gasteiger partial charge in [0, 0.05) is 6.61 Å². The first kappa shape index (κ1) is 13.2. The average Bonchev–Trinajstić information content (AvgIpc) is 2.25. The van der Waals surface area contributed by atoms with Gasteiger partial charge in [0.25, 0.3) is 0 Å². The van der Waals surface area contributed by atoms with E-state index in [4.69, 9.17) is 4.74 Å². The van der Waals surface area contributed by atoms with Gasteiger partial charge in [0.05, 0.1) is 12.6 Å². The van der Waals surface area contributed by atoms with Gasteiger partial charge in [-0.15, -0.1) is 0 Å². The van der Waals surface area contributed by atoms with E-state index >= 15 is 0 Å². The molecule has 0 amide bonds. The molecule has 0 aliphatic heterocycles. The van der Waals surface area contributed by atoms with Crippen LogP contribution in [0.2, 0.25) is 0 Å². The highest BCUT2D eigenvalue weighted by Gasteiger charge is 2.12. The minimum Gasteiger partial charge on any atom is -0.380 e. The molecule has 1 unspecified atom stereocenters. The molecular formula is C14H23NO. The molecule has 2 nitrogen and oxygen atoms in total. The van der Waals surface area contributed by atoms with Gasteiger partial charge in [-0.3, -0.25) is 0 Å². The van der Waals surface area contributed by atoms with Crippen molar-refractivity contribution in [3.8, 4) is 0 Å².